The molecule has 0 N–H and O–H groups in total. The predicted octanol–water partition coefficient (Wildman–Crippen LogP) is 3.52. The van der Waals surface area contributed by atoms with Crippen LogP contribution in [0.4, 0.5) is 13.2 Å². The summed E-state index contributed by atoms with van der Waals surface area (Å²) in [6.07, 6.45) is -3.65. The number of carbonyl (C=O) groups is 2. The van der Waals surface area contributed by atoms with Crippen molar-refractivity contribution in [2.75, 3.05) is 33.0 Å². The lowest BCUT2D eigenvalue weighted by Gasteiger charge is -2.35. The number of carbonyl (C=O) groups excluding carboxylic acids is 2. The Balaban J connectivity index is 1.15. The number of hydrogen-bond acceptors (Lipinski definition) is 4. The number of nitrogens with zero attached hydrogens (tertiary/aromatic N) is 2. The zero-order valence-electron chi connectivity index (χ0n) is 17.1. The first kappa shape index (κ1) is 20.7. The molecule has 2 unspecified atom stereocenters. The van der Waals surface area contributed by atoms with Crippen LogP contribution >= 0.6 is 0 Å². The lowest BCUT2D eigenvalue weighted by Crippen LogP contribution is -2.51. The number of rotatable bonds is 3. The minimum Gasteiger partial charge on any atom is -0.454 e. The summed E-state index contributed by atoms with van der Waals surface area (Å²) in [5.74, 6) is 1.25. The highest BCUT2D eigenvalue weighted by molar-refractivity contribution is 5.94. The maximum Gasteiger partial charge on any atom is 0.416 e. The molecule has 0 radical (unpaired) electrons. The summed E-state index contributed by atoms with van der Waals surface area (Å²) in [5.41, 5.74) is 0.484. The first-order valence-corrected chi connectivity index (χ1v) is 10.5. The standard InChI is InChI=1S/C23H21F3N2O4/c24-23(25,26)16-4-1-14(2-5-16)21(29)27-7-9-28(10-8-27)22(30)18-12-17(18)15-3-6-19-20(11-15)32-13-31-19/h1-6,11,17-18H,7-10,12-13H2. The van der Waals surface area contributed by atoms with E-state index in [4.69, 9.17) is 9.47 Å². The number of amides is 2. The minimum absolute atomic E-state index is 0.0764. The first-order chi connectivity index (χ1) is 15.3. The molecule has 2 amide bonds. The molecule has 32 heavy (non-hydrogen) atoms. The van der Waals surface area contributed by atoms with E-state index in [1.54, 1.807) is 9.80 Å². The molecule has 0 bridgehead atoms. The summed E-state index contributed by atoms with van der Waals surface area (Å²) in [6.45, 7) is 1.74. The second-order valence-electron chi connectivity index (χ2n) is 8.25. The molecule has 9 heteroatoms. The van der Waals surface area contributed by atoms with Gasteiger partial charge in [0.1, 0.15) is 0 Å². The Morgan fingerprint density at radius 1 is 0.875 bits per heavy atom. The molecule has 2 heterocycles. The van der Waals surface area contributed by atoms with Crippen molar-refractivity contribution in [1.82, 2.24) is 9.80 Å². The van der Waals surface area contributed by atoms with Gasteiger partial charge in [0.15, 0.2) is 11.5 Å². The van der Waals surface area contributed by atoms with Crippen molar-refractivity contribution in [3.63, 3.8) is 0 Å². The molecular formula is C23H21F3N2O4. The molecule has 0 spiro atoms. The van der Waals surface area contributed by atoms with Crippen LogP contribution in [-0.2, 0) is 11.0 Å². The number of ether oxygens (including phenoxy) is 2. The molecular weight excluding hydrogens is 425 g/mol. The Morgan fingerprint density at radius 3 is 2.22 bits per heavy atom. The van der Waals surface area contributed by atoms with E-state index in [2.05, 4.69) is 0 Å². The van der Waals surface area contributed by atoms with Crippen LogP contribution in [-0.4, -0.2) is 54.6 Å². The van der Waals surface area contributed by atoms with Gasteiger partial charge in [0.05, 0.1) is 5.56 Å². The van der Waals surface area contributed by atoms with Gasteiger partial charge < -0.3 is 19.3 Å². The van der Waals surface area contributed by atoms with E-state index in [-0.39, 0.29) is 36.0 Å². The van der Waals surface area contributed by atoms with E-state index >= 15 is 0 Å². The van der Waals surface area contributed by atoms with Crippen molar-refractivity contribution in [3.8, 4) is 11.5 Å². The summed E-state index contributed by atoms with van der Waals surface area (Å²) >= 11 is 0. The normalized spacial score (nSPS) is 22.1. The van der Waals surface area contributed by atoms with Crippen molar-refractivity contribution in [2.24, 2.45) is 5.92 Å². The maximum atomic E-state index is 12.9. The Hall–Kier alpha value is -3.23. The highest BCUT2D eigenvalue weighted by atomic mass is 19.4. The molecule has 1 saturated heterocycles. The molecule has 1 saturated carbocycles. The van der Waals surface area contributed by atoms with E-state index in [1.807, 2.05) is 18.2 Å². The predicted molar refractivity (Wildman–Crippen MR) is 107 cm³/mol. The number of halogens is 3. The molecule has 168 valence electrons. The zero-order valence-corrected chi connectivity index (χ0v) is 17.1. The van der Waals surface area contributed by atoms with Crippen molar-refractivity contribution in [3.05, 3.63) is 59.2 Å². The number of piperazine rings is 1. The lowest BCUT2D eigenvalue weighted by atomic mass is 10.1. The Bertz CT molecular complexity index is 1050. The summed E-state index contributed by atoms with van der Waals surface area (Å²) in [7, 11) is 0. The molecule has 2 aliphatic heterocycles. The van der Waals surface area contributed by atoms with Crippen molar-refractivity contribution in [2.45, 2.75) is 18.5 Å². The zero-order chi connectivity index (χ0) is 22.5. The van der Waals surface area contributed by atoms with Gasteiger partial charge in [-0.3, -0.25) is 9.59 Å². The maximum absolute atomic E-state index is 12.9. The number of hydrogen-bond donors (Lipinski definition) is 0. The van der Waals surface area contributed by atoms with Gasteiger partial charge in [0.25, 0.3) is 5.91 Å². The topological polar surface area (TPSA) is 59.1 Å². The van der Waals surface area contributed by atoms with Crippen LogP contribution in [0.2, 0.25) is 0 Å². The second kappa shape index (κ2) is 7.72. The van der Waals surface area contributed by atoms with Gasteiger partial charge in [-0.15, -0.1) is 0 Å². The minimum atomic E-state index is -4.44. The van der Waals surface area contributed by atoms with Crippen LogP contribution in [0.1, 0.15) is 33.8 Å². The molecule has 0 aromatic heterocycles. The Kier molecular flexibility index (Phi) is 4.98. The van der Waals surface area contributed by atoms with Crippen molar-refractivity contribution >= 4 is 11.8 Å². The van der Waals surface area contributed by atoms with Crippen LogP contribution in [0, 0.1) is 5.92 Å². The SMILES string of the molecule is O=C(c1ccc(C(F)(F)F)cc1)N1CCN(C(=O)C2CC2c2ccc3c(c2)OCO3)CC1. The van der Waals surface area contributed by atoms with Crippen LogP contribution < -0.4 is 9.47 Å². The summed E-state index contributed by atoms with van der Waals surface area (Å²) in [4.78, 5) is 28.9. The number of benzene rings is 2. The molecule has 1 aliphatic carbocycles. The first-order valence-electron chi connectivity index (χ1n) is 10.5. The van der Waals surface area contributed by atoms with Gasteiger partial charge in [0, 0.05) is 37.7 Å². The Labute approximate surface area is 182 Å². The van der Waals surface area contributed by atoms with E-state index in [0.29, 0.717) is 37.7 Å². The number of fused-ring (bicyclic) bond motifs is 1. The third-order valence-electron chi connectivity index (χ3n) is 6.27. The fourth-order valence-electron chi connectivity index (χ4n) is 4.33. The molecule has 6 nitrogen and oxygen atoms in total. The molecule has 5 rings (SSSR count). The van der Waals surface area contributed by atoms with Gasteiger partial charge in [-0.2, -0.15) is 13.2 Å². The summed E-state index contributed by atoms with van der Waals surface area (Å²) in [6, 6.07) is 9.98. The van der Waals surface area contributed by atoms with Gasteiger partial charge in [-0.1, -0.05) is 6.07 Å². The third-order valence-corrected chi connectivity index (χ3v) is 6.27. The van der Waals surface area contributed by atoms with Crippen LogP contribution in [0.5, 0.6) is 11.5 Å². The highest BCUT2D eigenvalue weighted by Crippen LogP contribution is 2.50. The van der Waals surface area contributed by atoms with Gasteiger partial charge in [-0.05, 0) is 54.3 Å². The van der Waals surface area contributed by atoms with E-state index < -0.39 is 11.7 Å². The fourth-order valence-corrected chi connectivity index (χ4v) is 4.33. The van der Waals surface area contributed by atoms with E-state index in [1.165, 1.54) is 12.1 Å². The monoisotopic (exact) mass is 446 g/mol. The summed E-state index contributed by atoms with van der Waals surface area (Å²) < 4.78 is 48.9. The van der Waals surface area contributed by atoms with Crippen LogP contribution in [0.25, 0.3) is 0 Å². The number of alkyl halides is 3. The molecule has 2 fully saturated rings. The summed E-state index contributed by atoms with van der Waals surface area (Å²) in [5, 5.41) is 0. The second-order valence-corrected chi connectivity index (χ2v) is 8.25. The van der Waals surface area contributed by atoms with Crippen LogP contribution in [0.3, 0.4) is 0 Å². The van der Waals surface area contributed by atoms with Crippen molar-refractivity contribution in [1.29, 1.82) is 0 Å². The van der Waals surface area contributed by atoms with Crippen LogP contribution in [0.15, 0.2) is 42.5 Å². The molecule has 3 aliphatic rings. The van der Waals surface area contributed by atoms with Crippen molar-refractivity contribution < 1.29 is 32.2 Å². The highest BCUT2D eigenvalue weighted by Gasteiger charge is 2.46. The lowest BCUT2D eigenvalue weighted by molar-refractivity contribution is -0.137. The van der Waals surface area contributed by atoms with Gasteiger partial charge >= 0.3 is 6.18 Å². The average molecular weight is 446 g/mol. The largest absolute Gasteiger partial charge is 0.454 e. The third kappa shape index (κ3) is 3.87. The quantitative estimate of drug-likeness (QED) is 0.724. The molecule has 2 atom stereocenters. The Morgan fingerprint density at radius 2 is 1.53 bits per heavy atom. The van der Waals surface area contributed by atoms with Gasteiger partial charge in [0.2, 0.25) is 12.7 Å². The smallest absolute Gasteiger partial charge is 0.416 e. The van der Waals surface area contributed by atoms with E-state index in [9.17, 15) is 22.8 Å². The van der Waals surface area contributed by atoms with Gasteiger partial charge in [-0.25, -0.2) is 0 Å². The van der Waals surface area contributed by atoms with E-state index in [0.717, 1.165) is 24.1 Å². The average Bonchev–Trinajstić information content (AvgIpc) is 3.46. The fraction of sp³-hybridized carbons (Fsp3) is 0.391. The molecule has 2 aromatic carbocycles. The molecule has 2 aromatic rings.